The van der Waals surface area contributed by atoms with E-state index in [4.69, 9.17) is 9.84 Å². The second kappa shape index (κ2) is 9.02. The summed E-state index contributed by atoms with van der Waals surface area (Å²) in [6, 6.07) is 5.80. The summed E-state index contributed by atoms with van der Waals surface area (Å²) in [7, 11) is 1.55. The van der Waals surface area contributed by atoms with Gasteiger partial charge in [-0.15, -0.1) is 0 Å². The van der Waals surface area contributed by atoms with Crippen molar-refractivity contribution < 1.29 is 19.4 Å². The number of carbonyl (C=O) groups is 2. The minimum absolute atomic E-state index is 0.0376. The monoisotopic (exact) mass is 410 g/mol. The largest absolute Gasteiger partial charge is 0.496 e. The number of methoxy groups -OCH3 is 1. The summed E-state index contributed by atoms with van der Waals surface area (Å²) in [6.07, 6.45) is 12.4. The number of fused-ring (bicyclic) bond motifs is 1. The van der Waals surface area contributed by atoms with E-state index in [2.05, 4.69) is 12.2 Å². The second-order valence-corrected chi connectivity index (χ2v) is 8.57. The minimum atomic E-state index is -0.898. The summed E-state index contributed by atoms with van der Waals surface area (Å²) < 4.78 is 5.36. The number of benzene rings is 1. The molecule has 0 aromatic heterocycles. The molecule has 6 heteroatoms. The molecule has 1 amide bonds. The van der Waals surface area contributed by atoms with Crippen LogP contribution >= 0.6 is 0 Å². The zero-order chi connectivity index (χ0) is 21.1. The molecule has 6 nitrogen and oxygen atoms in total. The van der Waals surface area contributed by atoms with Crippen LogP contribution in [0.3, 0.4) is 0 Å². The van der Waals surface area contributed by atoms with E-state index in [1.54, 1.807) is 12.1 Å². The summed E-state index contributed by atoms with van der Waals surface area (Å²) in [5, 5.41) is 16.0. The summed E-state index contributed by atoms with van der Waals surface area (Å²) in [4.78, 5) is 24.7. The molecule has 1 saturated carbocycles. The Morgan fingerprint density at radius 1 is 1.13 bits per heavy atom. The van der Waals surface area contributed by atoms with Gasteiger partial charge in [0.25, 0.3) is 0 Å². The van der Waals surface area contributed by atoms with Gasteiger partial charge in [0.1, 0.15) is 5.75 Å². The van der Waals surface area contributed by atoms with Crippen LogP contribution in [-0.4, -0.2) is 40.9 Å². The number of aliphatic carboxylic acids is 1. The zero-order valence-corrected chi connectivity index (χ0v) is 17.5. The van der Waals surface area contributed by atoms with Crippen molar-refractivity contribution in [2.45, 2.75) is 63.8 Å². The average molecular weight is 411 g/mol. The summed E-state index contributed by atoms with van der Waals surface area (Å²) in [5.41, 5.74) is 2.43. The molecule has 1 aromatic carbocycles. The number of allylic oxidation sites excluding steroid dienone is 2. The average Bonchev–Trinajstić information content (AvgIpc) is 3.03. The Kier molecular flexibility index (Phi) is 6.21. The number of hydrogen-bond acceptors (Lipinski definition) is 4. The molecule has 0 radical (unpaired) electrons. The quantitative estimate of drug-likeness (QED) is 0.584. The van der Waals surface area contributed by atoms with Crippen LogP contribution in [0.5, 0.6) is 5.75 Å². The molecule has 1 N–H and O–H groups in total. The van der Waals surface area contributed by atoms with Gasteiger partial charge in [-0.05, 0) is 49.4 Å². The highest BCUT2D eigenvalue weighted by atomic mass is 16.5. The molecule has 0 saturated heterocycles. The Balaban J connectivity index is 1.75. The van der Waals surface area contributed by atoms with Gasteiger partial charge in [-0.1, -0.05) is 37.8 Å². The van der Waals surface area contributed by atoms with Crippen molar-refractivity contribution in [3.05, 3.63) is 41.5 Å². The Morgan fingerprint density at radius 2 is 1.83 bits per heavy atom. The van der Waals surface area contributed by atoms with Gasteiger partial charge in [0.05, 0.1) is 31.2 Å². The molecule has 30 heavy (non-hydrogen) atoms. The van der Waals surface area contributed by atoms with Crippen molar-refractivity contribution in [1.82, 2.24) is 5.01 Å². The second-order valence-electron chi connectivity index (χ2n) is 8.57. The molecule has 3 aliphatic rings. The van der Waals surface area contributed by atoms with Gasteiger partial charge in [0.2, 0.25) is 5.91 Å². The molecule has 1 fully saturated rings. The fourth-order valence-corrected chi connectivity index (χ4v) is 5.07. The van der Waals surface area contributed by atoms with Gasteiger partial charge < -0.3 is 9.84 Å². The first-order valence-corrected chi connectivity index (χ1v) is 11.0. The van der Waals surface area contributed by atoms with Crippen LogP contribution in [0.1, 0.15) is 62.5 Å². The molecule has 1 aromatic rings. The van der Waals surface area contributed by atoms with Gasteiger partial charge in [-0.3, -0.25) is 9.59 Å². The molecule has 2 atom stereocenters. The Hall–Kier alpha value is -2.63. The fraction of sp³-hybridized carbons (Fsp3) is 0.542. The highest BCUT2D eigenvalue weighted by Gasteiger charge is 2.42. The van der Waals surface area contributed by atoms with E-state index in [0.717, 1.165) is 49.8 Å². The molecule has 2 unspecified atom stereocenters. The van der Waals surface area contributed by atoms with E-state index in [9.17, 15) is 14.7 Å². The van der Waals surface area contributed by atoms with Crippen molar-refractivity contribution in [2.75, 3.05) is 7.11 Å². The lowest BCUT2D eigenvalue weighted by Gasteiger charge is -2.40. The number of hydrogen-bond donors (Lipinski definition) is 1. The molecular formula is C24H30N2O4. The lowest BCUT2D eigenvalue weighted by atomic mass is 9.76. The van der Waals surface area contributed by atoms with E-state index < -0.39 is 5.97 Å². The lowest BCUT2D eigenvalue weighted by molar-refractivity contribution is -0.140. The molecular weight excluding hydrogens is 380 g/mol. The predicted molar refractivity (Wildman–Crippen MR) is 115 cm³/mol. The summed E-state index contributed by atoms with van der Waals surface area (Å²) in [5.74, 6) is -0.232. The third kappa shape index (κ3) is 4.13. The predicted octanol–water partition coefficient (Wildman–Crippen LogP) is 4.17. The van der Waals surface area contributed by atoms with Crippen LogP contribution in [-0.2, 0) is 16.0 Å². The number of carboxylic acid groups (broad SMARTS) is 1. The van der Waals surface area contributed by atoms with Gasteiger partial charge in [0, 0.05) is 11.5 Å². The number of nitrogens with zero attached hydrogens (tertiary/aromatic N) is 2. The topological polar surface area (TPSA) is 79.2 Å². The van der Waals surface area contributed by atoms with Gasteiger partial charge in [-0.2, -0.15) is 5.10 Å². The third-order valence-corrected chi connectivity index (χ3v) is 6.63. The van der Waals surface area contributed by atoms with Gasteiger partial charge >= 0.3 is 5.97 Å². The van der Waals surface area contributed by atoms with Crippen molar-refractivity contribution in [2.24, 2.45) is 16.9 Å². The number of carboxylic acids is 1. The number of ether oxygens (including phenoxy) is 1. The first kappa shape index (κ1) is 20.6. The van der Waals surface area contributed by atoms with Gasteiger partial charge in [0.15, 0.2) is 0 Å². The minimum Gasteiger partial charge on any atom is -0.496 e. The van der Waals surface area contributed by atoms with Crippen molar-refractivity contribution in [1.29, 1.82) is 0 Å². The van der Waals surface area contributed by atoms with Crippen LogP contribution in [0.4, 0.5) is 0 Å². The fourth-order valence-electron chi connectivity index (χ4n) is 5.07. The van der Waals surface area contributed by atoms with Crippen LogP contribution in [0.2, 0.25) is 0 Å². The van der Waals surface area contributed by atoms with Crippen LogP contribution in [0, 0.1) is 11.8 Å². The van der Waals surface area contributed by atoms with Crippen LogP contribution in [0.25, 0.3) is 0 Å². The number of rotatable bonds is 5. The Bertz CT molecular complexity index is 868. The molecule has 0 spiro atoms. The standard InChI is InChI=1S/C24H30N2O4/c1-30-21-13-12-16(14-17(21)15-22(27)28)23-19-10-6-7-11-20(19)24(29)26(25-23)18-8-4-2-3-5-9-18/h6-7,12-14,18-20H,2-5,8-11,15H2,1H3,(H,27,28). The first-order valence-electron chi connectivity index (χ1n) is 11.0. The third-order valence-electron chi connectivity index (χ3n) is 6.63. The highest BCUT2D eigenvalue weighted by molar-refractivity contribution is 6.07. The number of amides is 1. The number of carbonyl (C=O) groups excluding carboxylic acids is 1. The zero-order valence-electron chi connectivity index (χ0n) is 17.5. The van der Waals surface area contributed by atoms with E-state index >= 15 is 0 Å². The molecule has 2 aliphatic carbocycles. The van der Waals surface area contributed by atoms with E-state index in [1.807, 2.05) is 18.2 Å². The molecule has 1 aliphatic heterocycles. The molecule has 1 heterocycles. The highest BCUT2D eigenvalue weighted by Crippen LogP contribution is 2.37. The van der Waals surface area contributed by atoms with E-state index in [1.165, 1.54) is 12.8 Å². The maximum absolute atomic E-state index is 13.3. The van der Waals surface area contributed by atoms with E-state index in [0.29, 0.717) is 11.3 Å². The normalized spacial score (nSPS) is 24.8. The first-order chi connectivity index (χ1) is 14.6. The van der Waals surface area contributed by atoms with Crippen molar-refractivity contribution in [3.63, 3.8) is 0 Å². The molecule has 4 rings (SSSR count). The lowest BCUT2D eigenvalue weighted by Crippen LogP contribution is -2.49. The Labute approximate surface area is 177 Å². The summed E-state index contributed by atoms with van der Waals surface area (Å²) in [6.45, 7) is 0. The van der Waals surface area contributed by atoms with Crippen LogP contribution < -0.4 is 4.74 Å². The van der Waals surface area contributed by atoms with Crippen molar-refractivity contribution in [3.8, 4) is 5.75 Å². The van der Waals surface area contributed by atoms with Gasteiger partial charge in [-0.25, -0.2) is 5.01 Å². The van der Waals surface area contributed by atoms with Crippen molar-refractivity contribution >= 4 is 17.6 Å². The smallest absolute Gasteiger partial charge is 0.307 e. The Morgan fingerprint density at radius 3 is 2.50 bits per heavy atom. The maximum Gasteiger partial charge on any atom is 0.307 e. The SMILES string of the molecule is COc1ccc(C2=NN(C3CCCCCC3)C(=O)C3CC=CCC23)cc1CC(=O)O. The molecule has 160 valence electrons. The van der Waals surface area contributed by atoms with E-state index in [-0.39, 0.29) is 30.2 Å². The van der Waals surface area contributed by atoms with Crippen LogP contribution in [0.15, 0.2) is 35.5 Å². The summed E-state index contributed by atoms with van der Waals surface area (Å²) >= 11 is 0. The molecule has 0 bridgehead atoms. The maximum atomic E-state index is 13.3. The number of hydrazone groups is 1.